The van der Waals surface area contributed by atoms with E-state index in [0.717, 1.165) is 10.8 Å². The van der Waals surface area contributed by atoms with Crippen LogP contribution in [-0.2, 0) is 0 Å². The van der Waals surface area contributed by atoms with Crippen molar-refractivity contribution in [3.05, 3.63) is 71.8 Å². The minimum atomic E-state index is -1.08. The third-order valence-electron chi connectivity index (χ3n) is 3.56. The highest BCUT2D eigenvalue weighted by Gasteiger charge is 2.15. The van der Waals surface area contributed by atoms with Crippen molar-refractivity contribution in [2.75, 3.05) is 0 Å². The molecule has 0 heterocycles. The van der Waals surface area contributed by atoms with Gasteiger partial charge in [0.1, 0.15) is 0 Å². The molecule has 4 nitrogen and oxygen atoms in total. The lowest BCUT2D eigenvalue weighted by Crippen LogP contribution is -2.03. The van der Waals surface area contributed by atoms with Gasteiger partial charge in [0.15, 0.2) is 0 Å². The maximum Gasteiger partial charge on any atom is 0.336 e. The van der Waals surface area contributed by atoms with Gasteiger partial charge in [-0.1, -0.05) is 36.4 Å². The second-order valence-electron chi connectivity index (χ2n) is 4.93. The predicted molar refractivity (Wildman–Crippen MR) is 83.3 cm³/mol. The van der Waals surface area contributed by atoms with Gasteiger partial charge in [-0.15, -0.1) is 0 Å². The van der Waals surface area contributed by atoms with Gasteiger partial charge in [0.25, 0.3) is 0 Å². The fraction of sp³-hybridized carbons (Fsp3) is 0. The van der Waals surface area contributed by atoms with E-state index in [4.69, 9.17) is 5.11 Å². The van der Waals surface area contributed by atoms with Crippen LogP contribution in [0.15, 0.2) is 60.7 Å². The van der Waals surface area contributed by atoms with E-state index in [2.05, 4.69) is 0 Å². The van der Waals surface area contributed by atoms with Gasteiger partial charge in [-0.3, -0.25) is 0 Å². The van der Waals surface area contributed by atoms with Crippen molar-refractivity contribution >= 4 is 22.7 Å². The number of carboxylic acid groups (broad SMARTS) is 2. The molecule has 0 bridgehead atoms. The van der Waals surface area contributed by atoms with Gasteiger partial charge in [-0.2, -0.15) is 0 Å². The predicted octanol–water partition coefficient (Wildman–Crippen LogP) is 3.90. The summed E-state index contributed by atoms with van der Waals surface area (Å²) in [5, 5.41) is 20.4. The Morgan fingerprint density at radius 3 is 2.14 bits per heavy atom. The fourth-order valence-electron chi connectivity index (χ4n) is 2.46. The number of aromatic carboxylic acids is 2. The first-order valence-corrected chi connectivity index (χ1v) is 6.66. The monoisotopic (exact) mass is 292 g/mol. The summed E-state index contributed by atoms with van der Waals surface area (Å²) >= 11 is 0. The van der Waals surface area contributed by atoms with Crippen LogP contribution in [0.4, 0.5) is 0 Å². The Morgan fingerprint density at radius 1 is 0.727 bits per heavy atom. The van der Waals surface area contributed by atoms with Gasteiger partial charge in [0.05, 0.1) is 11.1 Å². The number of fused-ring (bicyclic) bond motifs is 1. The zero-order valence-corrected chi connectivity index (χ0v) is 11.5. The van der Waals surface area contributed by atoms with Gasteiger partial charge >= 0.3 is 11.9 Å². The van der Waals surface area contributed by atoms with E-state index in [0.29, 0.717) is 11.1 Å². The van der Waals surface area contributed by atoms with Crippen molar-refractivity contribution in [2.24, 2.45) is 0 Å². The molecule has 0 atom stereocenters. The molecule has 0 spiro atoms. The van der Waals surface area contributed by atoms with E-state index < -0.39 is 11.9 Å². The molecule has 0 saturated heterocycles. The highest BCUT2D eigenvalue weighted by Crippen LogP contribution is 2.28. The molecular formula is C18H12O4. The molecule has 3 aromatic carbocycles. The molecule has 0 aliphatic heterocycles. The summed E-state index contributed by atoms with van der Waals surface area (Å²) in [5.74, 6) is -2.17. The summed E-state index contributed by atoms with van der Waals surface area (Å²) in [6.45, 7) is 0. The minimum Gasteiger partial charge on any atom is -0.478 e. The smallest absolute Gasteiger partial charge is 0.336 e. The van der Waals surface area contributed by atoms with Crippen LogP contribution in [0.1, 0.15) is 20.7 Å². The van der Waals surface area contributed by atoms with Crippen LogP contribution >= 0.6 is 0 Å². The lowest BCUT2D eigenvalue weighted by Gasteiger charge is -2.09. The molecule has 0 unspecified atom stereocenters. The fourth-order valence-corrected chi connectivity index (χ4v) is 2.46. The van der Waals surface area contributed by atoms with Gasteiger partial charge in [0, 0.05) is 0 Å². The number of rotatable bonds is 3. The molecule has 4 heteroatoms. The maximum atomic E-state index is 11.4. The Morgan fingerprint density at radius 2 is 1.45 bits per heavy atom. The Hall–Kier alpha value is -3.14. The van der Waals surface area contributed by atoms with Crippen molar-refractivity contribution in [3.63, 3.8) is 0 Å². The lowest BCUT2D eigenvalue weighted by molar-refractivity contribution is 0.0682. The van der Waals surface area contributed by atoms with Gasteiger partial charge in [-0.25, -0.2) is 9.59 Å². The number of carbonyl (C=O) groups is 2. The van der Waals surface area contributed by atoms with Gasteiger partial charge < -0.3 is 10.2 Å². The molecule has 0 aliphatic rings. The van der Waals surface area contributed by atoms with Crippen LogP contribution < -0.4 is 0 Å². The van der Waals surface area contributed by atoms with Crippen molar-refractivity contribution in [1.29, 1.82) is 0 Å². The second-order valence-corrected chi connectivity index (χ2v) is 4.93. The van der Waals surface area contributed by atoms with Crippen molar-refractivity contribution in [1.82, 2.24) is 0 Å². The number of hydrogen-bond acceptors (Lipinski definition) is 2. The van der Waals surface area contributed by atoms with E-state index in [-0.39, 0.29) is 11.1 Å². The molecular weight excluding hydrogens is 280 g/mol. The zero-order chi connectivity index (χ0) is 15.7. The third kappa shape index (κ3) is 2.42. The Balaban J connectivity index is 2.25. The molecule has 0 aliphatic carbocycles. The average molecular weight is 292 g/mol. The van der Waals surface area contributed by atoms with E-state index >= 15 is 0 Å². The summed E-state index contributed by atoms with van der Waals surface area (Å²) in [5.41, 5.74) is 1.23. The SMILES string of the molecule is O=C(O)c1ccc(C(=O)O)c(-c2ccc3ccccc3c2)c1. The standard InChI is InChI=1S/C18H12O4/c19-17(20)14-7-8-15(18(21)22)16(10-14)13-6-5-11-3-1-2-4-12(11)9-13/h1-10H,(H,19,20)(H,21,22). The molecule has 3 rings (SSSR count). The van der Waals surface area contributed by atoms with Crippen molar-refractivity contribution in [3.8, 4) is 11.1 Å². The first-order chi connectivity index (χ1) is 10.6. The highest BCUT2D eigenvalue weighted by atomic mass is 16.4. The molecule has 0 aromatic heterocycles. The summed E-state index contributed by atoms with van der Waals surface area (Å²) in [7, 11) is 0. The van der Waals surface area contributed by atoms with E-state index in [9.17, 15) is 14.7 Å². The molecule has 108 valence electrons. The Kier molecular flexibility index (Phi) is 3.35. The normalized spacial score (nSPS) is 10.5. The number of benzene rings is 3. The van der Waals surface area contributed by atoms with E-state index in [1.807, 2.05) is 36.4 Å². The lowest BCUT2D eigenvalue weighted by atomic mass is 9.95. The van der Waals surface area contributed by atoms with Gasteiger partial charge in [0.2, 0.25) is 0 Å². The summed E-state index contributed by atoms with van der Waals surface area (Å²) in [6.07, 6.45) is 0. The van der Waals surface area contributed by atoms with Crippen LogP contribution in [0, 0.1) is 0 Å². The molecule has 2 N–H and O–H groups in total. The van der Waals surface area contributed by atoms with Crippen LogP contribution in [0.2, 0.25) is 0 Å². The highest BCUT2D eigenvalue weighted by molar-refractivity contribution is 6.00. The topological polar surface area (TPSA) is 74.6 Å². The molecule has 0 amide bonds. The quantitative estimate of drug-likeness (QED) is 0.767. The zero-order valence-electron chi connectivity index (χ0n) is 11.5. The number of hydrogen-bond donors (Lipinski definition) is 2. The third-order valence-corrected chi connectivity index (χ3v) is 3.56. The first-order valence-electron chi connectivity index (χ1n) is 6.66. The summed E-state index contributed by atoms with van der Waals surface area (Å²) in [4.78, 5) is 22.5. The van der Waals surface area contributed by atoms with Gasteiger partial charge in [-0.05, 0) is 46.2 Å². The molecule has 0 saturated carbocycles. The Labute approximate surface area is 126 Å². The molecule has 0 radical (unpaired) electrons. The average Bonchev–Trinajstić information content (AvgIpc) is 2.53. The summed E-state index contributed by atoms with van der Waals surface area (Å²) in [6, 6.07) is 17.3. The number of carboxylic acids is 2. The first kappa shape index (κ1) is 13.8. The van der Waals surface area contributed by atoms with Crippen LogP contribution in [0.5, 0.6) is 0 Å². The van der Waals surface area contributed by atoms with Crippen molar-refractivity contribution < 1.29 is 19.8 Å². The van der Waals surface area contributed by atoms with E-state index in [1.165, 1.54) is 18.2 Å². The molecule has 22 heavy (non-hydrogen) atoms. The summed E-state index contributed by atoms with van der Waals surface area (Å²) < 4.78 is 0. The molecule has 3 aromatic rings. The van der Waals surface area contributed by atoms with Crippen LogP contribution in [0.25, 0.3) is 21.9 Å². The maximum absolute atomic E-state index is 11.4. The van der Waals surface area contributed by atoms with Crippen LogP contribution in [-0.4, -0.2) is 22.2 Å². The van der Waals surface area contributed by atoms with Crippen molar-refractivity contribution in [2.45, 2.75) is 0 Å². The molecule has 0 fully saturated rings. The van der Waals surface area contributed by atoms with Crippen LogP contribution in [0.3, 0.4) is 0 Å². The Bertz CT molecular complexity index is 896. The largest absolute Gasteiger partial charge is 0.478 e. The minimum absolute atomic E-state index is 0.0631. The second kappa shape index (κ2) is 5.33. The van der Waals surface area contributed by atoms with E-state index in [1.54, 1.807) is 6.07 Å².